The number of nitrogens with zero attached hydrogens (tertiary/aromatic N) is 1. The first kappa shape index (κ1) is 7.79. The molecule has 0 saturated carbocycles. The molecular weight excluding hydrogens is 135 g/mol. The first-order valence-corrected chi connectivity index (χ1v) is 2.85. The molecule has 10 heavy (non-hydrogen) atoms. The van der Waals surface area contributed by atoms with Gasteiger partial charge in [-0.1, -0.05) is 12.1 Å². The fourth-order valence-electron chi connectivity index (χ4n) is 0.880. The monoisotopic (exact) mass is 141 g/mol. The number of nitrogens with one attached hydrogen (secondary N) is 1. The number of aromatic nitrogens is 2. The van der Waals surface area contributed by atoms with Crippen molar-refractivity contribution in [1.82, 2.24) is 9.97 Å². The molecule has 1 heterocycles. The number of H-pyrrole nitrogens is 1. The van der Waals surface area contributed by atoms with Gasteiger partial charge in [-0.2, -0.15) is 0 Å². The molecule has 0 amide bonds. The van der Waals surface area contributed by atoms with E-state index in [1.807, 2.05) is 24.3 Å². The van der Waals surface area contributed by atoms with Gasteiger partial charge in [-0.05, 0) is 12.1 Å². The second-order valence-corrected chi connectivity index (χ2v) is 1.92. The van der Waals surface area contributed by atoms with Crippen molar-refractivity contribution in [3.8, 4) is 0 Å². The van der Waals surface area contributed by atoms with Crippen LogP contribution in [0.2, 0.25) is 0 Å². The number of aromatic amines is 1. The fraction of sp³-hybridized carbons (Fsp3) is 0. The third kappa shape index (κ3) is 1.24. The Bertz CT molecular complexity index is 286. The number of hydrogen-bond acceptors (Lipinski definition) is 1. The van der Waals surface area contributed by atoms with Crippen molar-refractivity contribution in [3.05, 3.63) is 30.6 Å². The Morgan fingerprint density at radius 1 is 1.20 bits per heavy atom. The van der Waals surface area contributed by atoms with Gasteiger partial charge < -0.3 is 4.98 Å². The number of para-hydroxylation sites is 2. The van der Waals surface area contributed by atoms with Gasteiger partial charge in [0, 0.05) is 29.6 Å². The van der Waals surface area contributed by atoms with Crippen LogP contribution < -0.4 is 0 Å². The summed E-state index contributed by atoms with van der Waals surface area (Å²) < 4.78 is 0. The van der Waals surface area contributed by atoms with Crippen LogP contribution in [-0.2, 0) is 0 Å². The van der Waals surface area contributed by atoms with Gasteiger partial charge in [0.05, 0.1) is 17.4 Å². The van der Waals surface area contributed by atoms with E-state index in [9.17, 15) is 0 Å². The van der Waals surface area contributed by atoms with Crippen LogP contribution >= 0.6 is 0 Å². The van der Waals surface area contributed by atoms with E-state index in [2.05, 4.69) is 9.97 Å². The molecule has 1 N–H and O–H groups in total. The van der Waals surface area contributed by atoms with Crippen LogP contribution in [0, 0.1) is 0 Å². The van der Waals surface area contributed by atoms with E-state index >= 15 is 0 Å². The molecule has 0 spiro atoms. The Morgan fingerprint density at radius 2 is 2.00 bits per heavy atom. The largest absolute Gasteiger partial charge is 0.345 e. The molecule has 1 aromatic carbocycles. The van der Waals surface area contributed by atoms with Crippen LogP contribution in [0.15, 0.2) is 30.6 Å². The van der Waals surface area contributed by atoms with Gasteiger partial charge in [-0.15, -0.1) is 0 Å². The topological polar surface area (TPSA) is 28.7 Å². The van der Waals surface area contributed by atoms with Gasteiger partial charge in [0.1, 0.15) is 0 Å². The molecule has 1 radical (unpaired) electrons. The number of fused-ring (bicyclic) bond motifs is 1. The molecule has 45 valence electrons. The van der Waals surface area contributed by atoms with Gasteiger partial charge in [-0.25, -0.2) is 4.98 Å². The number of imidazole rings is 1. The summed E-state index contributed by atoms with van der Waals surface area (Å²) in [6, 6.07) is 7.94. The molecule has 0 aliphatic rings. The third-order valence-corrected chi connectivity index (χ3v) is 1.33. The van der Waals surface area contributed by atoms with Crippen LogP contribution in [0.3, 0.4) is 0 Å². The molecule has 3 heteroatoms. The first-order chi connectivity index (χ1) is 4.47. The molecule has 0 unspecified atom stereocenters. The minimum Gasteiger partial charge on any atom is -0.345 e. The van der Waals surface area contributed by atoms with Gasteiger partial charge >= 0.3 is 0 Å². The van der Waals surface area contributed by atoms with Crippen LogP contribution in [0.1, 0.15) is 0 Å². The number of benzene rings is 1. The summed E-state index contributed by atoms with van der Waals surface area (Å²) >= 11 is 0. The van der Waals surface area contributed by atoms with E-state index < -0.39 is 0 Å². The smallest absolute Gasteiger partial charge is 0.0931 e. The molecule has 2 rings (SSSR count). The standard InChI is InChI=1S/C7H6N2.Na/c1-2-4-7-6(3-1)8-5-9-7;/h1-5H,(H,8,9);. The molecule has 2 aromatic rings. The van der Waals surface area contributed by atoms with Crippen molar-refractivity contribution < 1.29 is 0 Å². The Labute approximate surface area is 81.0 Å². The minimum atomic E-state index is 0. The number of hydrogen-bond donors (Lipinski definition) is 1. The zero-order valence-electron chi connectivity index (χ0n) is 5.83. The van der Waals surface area contributed by atoms with Crippen molar-refractivity contribution >= 4 is 40.6 Å². The van der Waals surface area contributed by atoms with E-state index in [0.717, 1.165) is 11.0 Å². The van der Waals surface area contributed by atoms with Gasteiger partial charge in [0.15, 0.2) is 0 Å². The zero-order valence-corrected chi connectivity index (χ0v) is 7.83. The van der Waals surface area contributed by atoms with E-state index in [0.29, 0.717) is 0 Å². The second kappa shape index (κ2) is 3.19. The van der Waals surface area contributed by atoms with Gasteiger partial charge in [0.2, 0.25) is 0 Å². The quantitative estimate of drug-likeness (QED) is 0.548. The fourth-order valence-corrected chi connectivity index (χ4v) is 0.880. The zero-order chi connectivity index (χ0) is 6.10. The summed E-state index contributed by atoms with van der Waals surface area (Å²) in [5.74, 6) is 0. The Kier molecular flexibility index (Phi) is 2.49. The van der Waals surface area contributed by atoms with Gasteiger partial charge in [-0.3, -0.25) is 0 Å². The van der Waals surface area contributed by atoms with E-state index in [1.165, 1.54) is 0 Å². The van der Waals surface area contributed by atoms with Crippen molar-refractivity contribution in [2.45, 2.75) is 0 Å². The summed E-state index contributed by atoms with van der Waals surface area (Å²) in [5, 5.41) is 0. The summed E-state index contributed by atoms with van der Waals surface area (Å²) in [4.78, 5) is 7.07. The van der Waals surface area contributed by atoms with Crippen molar-refractivity contribution in [3.63, 3.8) is 0 Å². The molecule has 0 fully saturated rings. The van der Waals surface area contributed by atoms with Crippen LogP contribution in [-0.4, -0.2) is 39.5 Å². The summed E-state index contributed by atoms with van der Waals surface area (Å²) in [5.41, 5.74) is 2.12. The molecular formula is C7H6N2Na. The molecule has 0 saturated heterocycles. The average Bonchev–Trinajstić information content (AvgIpc) is 2.33. The van der Waals surface area contributed by atoms with Crippen molar-refractivity contribution in [2.75, 3.05) is 0 Å². The van der Waals surface area contributed by atoms with Gasteiger partial charge in [0.25, 0.3) is 0 Å². The van der Waals surface area contributed by atoms with Crippen molar-refractivity contribution in [2.24, 2.45) is 0 Å². The minimum absolute atomic E-state index is 0. The van der Waals surface area contributed by atoms with Crippen molar-refractivity contribution in [1.29, 1.82) is 0 Å². The van der Waals surface area contributed by atoms with E-state index in [-0.39, 0.29) is 29.6 Å². The average molecular weight is 141 g/mol. The molecule has 1 aromatic heterocycles. The number of rotatable bonds is 0. The van der Waals surface area contributed by atoms with E-state index in [4.69, 9.17) is 0 Å². The maximum absolute atomic E-state index is 4.06. The first-order valence-electron chi connectivity index (χ1n) is 2.85. The SMILES string of the molecule is [Na].c1ccc2[nH]cnc2c1. The van der Waals surface area contributed by atoms with Crippen LogP contribution in [0.4, 0.5) is 0 Å². The predicted molar refractivity (Wildman–Crippen MR) is 41.8 cm³/mol. The Balaban J connectivity index is 0.000000500. The molecule has 2 nitrogen and oxygen atoms in total. The second-order valence-electron chi connectivity index (χ2n) is 1.92. The molecule has 0 aliphatic heterocycles. The Morgan fingerprint density at radius 3 is 2.80 bits per heavy atom. The van der Waals surface area contributed by atoms with Crippen LogP contribution in [0.25, 0.3) is 11.0 Å². The summed E-state index contributed by atoms with van der Waals surface area (Å²) in [6.45, 7) is 0. The maximum atomic E-state index is 4.06. The Hall–Kier alpha value is -0.310. The normalized spacial score (nSPS) is 9.20. The third-order valence-electron chi connectivity index (χ3n) is 1.33. The molecule has 0 bridgehead atoms. The summed E-state index contributed by atoms with van der Waals surface area (Å²) in [6.07, 6.45) is 1.70. The summed E-state index contributed by atoms with van der Waals surface area (Å²) in [7, 11) is 0. The molecule has 0 aliphatic carbocycles. The molecule has 0 atom stereocenters. The van der Waals surface area contributed by atoms with E-state index in [1.54, 1.807) is 6.33 Å². The predicted octanol–water partition coefficient (Wildman–Crippen LogP) is 1.18. The maximum Gasteiger partial charge on any atom is 0.0931 e. The van der Waals surface area contributed by atoms with Crippen LogP contribution in [0.5, 0.6) is 0 Å².